The van der Waals surface area contributed by atoms with E-state index in [0.717, 1.165) is 48.2 Å². The zero-order chi connectivity index (χ0) is 17.1. The number of benzene rings is 2. The lowest BCUT2D eigenvalue weighted by Gasteiger charge is -2.25. The number of carbonyl (C=O) groups excluding carboxylic acids is 1. The van der Waals surface area contributed by atoms with Crippen molar-refractivity contribution < 1.29 is 9.21 Å². The van der Waals surface area contributed by atoms with Crippen molar-refractivity contribution >= 4 is 29.3 Å². The molecular formula is C21H23ClN2O2. The summed E-state index contributed by atoms with van der Waals surface area (Å²) in [6, 6.07) is 19.7. The number of carbonyl (C=O) groups is 1. The van der Waals surface area contributed by atoms with E-state index in [9.17, 15) is 4.79 Å². The molecule has 2 heterocycles. The van der Waals surface area contributed by atoms with Crippen LogP contribution >= 0.6 is 12.4 Å². The van der Waals surface area contributed by atoms with Gasteiger partial charge in [0, 0.05) is 11.9 Å². The Morgan fingerprint density at radius 3 is 2.62 bits per heavy atom. The van der Waals surface area contributed by atoms with E-state index in [1.807, 2.05) is 60.7 Å². The van der Waals surface area contributed by atoms with Crippen LogP contribution in [0.15, 0.2) is 65.1 Å². The number of nitrogens with one attached hydrogen (secondary N) is 2. The number of piperidine rings is 1. The van der Waals surface area contributed by atoms with Gasteiger partial charge in [-0.25, -0.2) is 0 Å². The first-order chi connectivity index (χ1) is 12.3. The maximum atomic E-state index is 12.8. The molecular weight excluding hydrogens is 348 g/mol. The summed E-state index contributed by atoms with van der Waals surface area (Å²) in [5.74, 6) is 0.871. The van der Waals surface area contributed by atoms with E-state index in [1.165, 1.54) is 0 Å². The molecule has 0 spiro atoms. The number of rotatable bonds is 4. The number of hydrogen-bond donors (Lipinski definition) is 2. The molecule has 4 nitrogen and oxygen atoms in total. The van der Waals surface area contributed by atoms with Crippen LogP contribution in [-0.2, 0) is 4.79 Å². The molecule has 1 aromatic heterocycles. The molecule has 3 aromatic rings. The van der Waals surface area contributed by atoms with E-state index in [1.54, 1.807) is 0 Å². The predicted molar refractivity (Wildman–Crippen MR) is 105 cm³/mol. The van der Waals surface area contributed by atoms with Gasteiger partial charge in [0.25, 0.3) is 0 Å². The first-order valence-corrected chi connectivity index (χ1v) is 8.86. The van der Waals surface area contributed by atoms with Crippen LogP contribution in [0.3, 0.4) is 0 Å². The molecule has 1 saturated heterocycles. The highest BCUT2D eigenvalue weighted by Gasteiger charge is 2.26. The van der Waals surface area contributed by atoms with E-state index in [0.29, 0.717) is 0 Å². The highest BCUT2D eigenvalue weighted by atomic mass is 35.5. The quantitative estimate of drug-likeness (QED) is 0.728. The average Bonchev–Trinajstić information content (AvgIpc) is 3.11. The van der Waals surface area contributed by atoms with E-state index >= 15 is 0 Å². The van der Waals surface area contributed by atoms with E-state index in [2.05, 4.69) is 10.6 Å². The van der Waals surface area contributed by atoms with Crippen LogP contribution in [0, 0.1) is 5.92 Å². The van der Waals surface area contributed by atoms with Crippen molar-refractivity contribution in [3.63, 3.8) is 0 Å². The SMILES string of the molecule is Cl.O=C(NC(c1ccccc1)c1cc2ccccc2o1)C1CCCNC1. The fraction of sp³-hybridized carbons (Fsp3) is 0.286. The number of hydrogen-bond acceptors (Lipinski definition) is 3. The lowest BCUT2D eigenvalue weighted by atomic mass is 9.97. The Labute approximate surface area is 159 Å². The summed E-state index contributed by atoms with van der Waals surface area (Å²) in [6.45, 7) is 1.74. The summed E-state index contributed by atoms with van der Waals surface area (Å²) >= 11 is 0. The van der Waals surface area contributed by atoms with Crippen molar-refractivity contribution in [2.45, 2.75) is 18.9 Å². The van der Waals surface area contributed by atoms with Crippen LogP contribution in [0.5, 0.6) is 0 Å². The number of para-hydroxylation sites is 1. The zero-order valence-electron chi connectivity index (χ0n) is 14.5. The van der Waals surface area contributed by atoms with Crippen molar-refractivity contribution in [1.29, 1.82) is 0 Å². The van der Waals surface area contributed by atoms with Crippen molar-refractivity contribution in [3.8, 4) is 0 Å². The molecule has 26 heavy (non-hydrogen) atoms. The second-order valence-electron chi connectivity index (χ2n) is 6.58. The third kappa shape index (κ3) is 3.92. The van der Waals surface area contributed by atoms with Crippen LogP contribution in [0.4, 0.5) is 0 Å². The van der Waals surface area contributed by atoms with Crippen LogP contribution in [0.1, 0.15) is 30.2 Å². The lowest BCUT2D eigenvalue weighted by molar-refractivity contribution is -0.126. The molecule has 4 rings (SSSR count). The first-order valence-electron chi connectivity index (χ1n) is 8.86. The summed E-state index contributed by atoms with van der Waals surface area (Å²) in [7, 11) is 0. The number of fused-ring (bicyclic) bond motifs is 1. The van der Waals surface area contributed by atoms with Crippen LogP contribution in [0.25, 0.3) is 11.0 Å². The molecule has 1 aliphatic heterocycles. The summed E-state index contributed by atoms with van der Waals surface area (Å²) < 4.78 is 6.04. The van der Waals surface area contributed by atoms with Crippen molar-refractivity contribution in [2.24, 2.45) is 5.92 Å². The van der Waals surface area contributed by atoms with Gasteiger partial charge >= 0.3 is 0 Å². The van der Waals surface area contributed by atoms with Crippen LogP contribution < -0.4 is 10.6 Å². The summed E-state index contributed by atoms with van der Waals surface area (Å²) in [6.07, 6.45) is 1.97. The van der Waals surface area contributed by atoms with Gasteiger partial charge in [-0.05, 0) is 37.1 Å². The molecule has 2 N–H and O–H groups in total. The van der Waals surface area contributed by atoms with Crippen LogP contribution in [-0.4, -0.2) is 19.0 Å². The largest absolute Gasteiger partial charge is 0.459 e. The Hall–Kier alpha value is -2.30. The smallest absolute Gasteiger partial charge is 0.225 e. The van der Waals surface area contributed by atoms with Crippen molar-refractivity contribution in [2.75, 3.05) is 13.1 Å². The highest BCUT2D eigenvalue weighted by molar-refractivity contribution is 5.85. The monoisotopic (exact) mass is 370 g/mol. The minimum Gasteiger partial charge on any atom is -0.459 e. The minimum absolute atomic E-state index is 0. The Morgan fingerprint density at radius 2 is 1.88 bits per heavy atom. The van der Waals surface area contributed by atoms with Gasteiger partial charge in [-0.3, -0.25) is 4.79 Å². The molecule has 2 atom stereocenters. The van der Waals surface area contributed by atoms with Gasteiger partial charge in [-0.15, -0.1) is 12.4 Å². The standard InChI is InChI=1S/C21H22N2O2.ClH/c24-21(17-10-6-12-22-14-17)23-20(15-7-2-1-3-8-15)19-13-16-9-4-5-11-18(16)25-19;/h1-5,7-9,11,13,17,20,22H,6,10,12,14H2,(H,23,24);1H. The van der Waals surface area contributed by atoms with Crippen LogP contribution in [0.2, 0.25) is 0 Å². The summed E-state index contributed by atoms with van der Waals surface area (Å²) in [5, 5.41) is 7.56. The van der Waals surface area contributed by atoms with E-state index in [4.69, 9.17) is 4.42 Å². The molecule has 0 radical (unpaired) electrons. The van der Waals surface area contributed by atoms with Gasteiger partial charge in [0.15, 0.2) is 0 Å². The maximum absolute atomic E-state index is 12.8. The lowest BCUT2D eigenvalue weighted by Crippen LogP contribution is -2.42. The van der Waals surface area contributed by atoms with Gasteiger partial charge < -0.3 is 15.1 Å². The highest BCUT2D eigenvalue weighted by Crippen LogP contribution is 2.29. The normalized spacial score (nSPS) is 18.1. The van der Waals surface area contributed by atoms with E-state index < -0.39 is 0 Å². The minimum atomic E-state index is -0.275. The Balaban J connectivity index is 0.00000196. The van der Waals surface area contributed by atoms with Crippen molar-refractivity contribution in [3.05, 3.63) is 72.0 Å². The molecule has 0 bridgehead atoms. The molecule has 5 heteroatoms. The van der Waals surface area contributed by atoms with Gasteiger partial charge in [-0.1, -0.05) is 48.5 Å². The number of amides is 1. The van der Waals surface area contributed by atoms with Crippen molar-refractivity contribution in [1.82, 2.24) is 10.6 Å². The average molecular weight is 371 g/mol. The molecule has 1 aliphatic rings. The molecule has 136 valence electrons. The molecule has 2 unspecified atom stereocenters. The molecule has 0 aliphatic carbocycles. The second-order valence-corrected chi connectivity index (χ2v) is 6.58. The fourth-order valence-electron chi connectivity index (χ4n) is 3.44. The van der Waals surface area contributed by atoms with Gasteiger partial charge in [0.1, 0.15) is 17.4 Å². The Bertz CT molecular complexity index is 824. The Morgan fingerprint density at radius 1 is 1.12 bits per heavy atom. The van der Waals surface area contributed by atoms with E-state index in [-0.39, 0.29) is 30.3 Å². The molecule has 0 saturated carbocycles. The summed E-state index contributed by atoms with van der Waals surface area (Å²) in [5.41, 5.74) is 1.87. The van der Waals surface area contributed by atoms with Gasteiger partial charge in [-0.2, -0.15) is 0 Å². The Kier molecular flexibility index (Phi) is 5.96. The number of halogens is 1. The zero-order valence-corrected chi connectivity index (χ0v) is 15.3. The first kappa shape index (κ1) is 18.5. The van der Waals surface area contributed by atoms with Gasteiger partial charge in [0.05, 0.1) is 5.92 Å². The topological polar surface area (TPSA) is 54.3 Å². The predicted octanol–water partition coefficient (Wildman–Crippen LogP) is 4.06. The fourth-order valence-corrected chi connectivity index (χ4v) is 3.44. The molecule has 1 fully saturated rings. The maximum Gasteiger partial charge on any atom is 0.225 e. The molecule has 1 amide bonds. The third-order valence-electron chi connectivity index (χ3n) is 4.82. The van der Waals surface area contributed by atoms with Gasteiger partial charge in [0.2, 0.25) is 5.91 Å². The third-order valence-corrected chi connectivity index (χ3v) is 4.82. The molecule has 2 aromatic carbocycles. The number of furan rings is 1. The summed E-state index contributed by atoms with van der Waals surface area (Å²) in [4.78, 5) is 12.8. The second kappa shape index (κ2) is 8.39.